The highest BCUT2D eigenvalue weighted by molar-refractivity contribution is 5.95. The van der Waals surface area contributed by atoms with Crippen LogP contribution >= 0.6 is 0 Å². The van der Waals surface area contributed by atoms with Crippen LogP contribution in [0.3, 0.4) is 0 Å². The summed E-state index contributed by atoms with van der Waals surface area (Å²) in [5.41, 5.74) is 2.42. The molecule has 8 heteroatoms. The molecule has 2 aromatic heterocycles. The van der Waals surface area contributed by atoms with Gasteiger partial charge >= 0.3 is 0 Å². The van der Waals surface area contributed by atoms with E-state index in [1.165, 1.54) is 0 Å². The van der Waals surface area contributed by atoms with Gasteiger partial charge in [0, 0.05) is 45.1 Å². The molecule has 1 saturated heterocycles. The molecule has 0 spiro atoms. The number of amides is 1. The van der Waals surface area contributed by atoms with Crippen LogP contribution in [-0.2, 0) is 0 Å². The van der Waals surface area contributed by atoms with Crippen LogP contribution in [-0.4, -0.2) is 69.8 Å². The smallest absolute Gasteiger partial charge is 0.254 e. The second kappa shape index (κ2) is 9.49. The number of anilines is 1. The molecule has 3 heterocycles. The third-order valence-electron chi connectivity index (χ3n) is 5.40. The molecule has 1 aliphatic rings. The van der Waals surface area contributed by atoms with Crippen molar-refractivity contribution in [2.24, 2.45) is 0 Å². The first-order valence-corrected chi connectivity index (χ1v) is 10.3. The minimum Gasteiger partial charge on any atom is -0.352 e. The molecule has 30 heavy (non-hydrogen) atoms. The lowest BCUT2D eigenvalue weighted by atomic mass is 10.2. The van der Waals surface area contributed by atoms with E-state index in [1.54, 1.807) is 23.3 Å². The van der Waals surface area contributed by atoms with Crippen LogP contribution in [0.1, 0.15) is 22.5 Å². The van der Waals surface area contributed by atoms with E-state index in [9.17, 15) is 4.79 Å². The molecule has 1 aliphatic heterocycles. The van der Waals surface area contributed by atoms with Crippen molar-refractivity contribution in [2.75, 3.05) is 44.2 Å². The Bertz CT molecular complexity index is 950. The van der Waals surface area contributed by atoms with Crippen molar-refractivity contribution in [3.05, 3.63) is 66.2 Å². The molecule has 8 nitrogen and oxygen atoms in total. The van der Waals surface area contributed by atoms with Gasteiger partial charge in [0.25, 0.3) is 5.91 Å². The maximum absolute atomic E-state index is 12.6. The standard InChI is InChI=1S/C22H27N7O/c1-18-20(17-26-29(18)19-7-3-2-4-8-19)21(30)23-11-6-12-27-13-15-28(16-14-27)22-24-9-5-10-25-22/h2-5,7-10,17H,6,11-16H2,1H3,(H,23,30). The monoisotopic (exact) mass is 405 g/mol. The van der Waals surface area contributed by atoms with Crippen LogP contribution in [0.5, 0.6) is 0 Å². The number of nitrogens with zero attached hydrogens (tertiary/aromatic N) is 6. The van der Waals surface area contributed by atoms with Crippen molar-refractivity contribution in [3.8, 4) is 5.69 Å². The van der Waals surface area contributed by atoms with Crippen LogP contribution in [0.25, 0.3) is 5.69 Å². The molecule has 0 atom stereocenters. The third kappa shape index (κ3) is 4.65. The molecule has 0 unspecified atom stereocenters. The van der Waals surface area contributed by atoms with Crippen LogP contribution in [0.2, 0.25) is 0 Å². The number of hydrogen-bond acceptors (Lipinski definition) is 6. The molecule has 156 valence electrons. The zero-order chi connectivity index (χ0) is 20.8. The van der Waals surface area contributed by atoms with Crippen molar-refractivity contribution >= 4 is 11.9 Å². The molecule has 1 fully saturated rings. The van der Waals surface area contributed by atoms with Crippen molar-refractivity contribution < 1.29 is 4.79 Å². The fraction of sp³-hybridized carbons (Fsp3) is 0.364. The van der Waals surface area contributed by atoms with Crippen molar-refractivity contribution in [1.82, 2.24) is 30.0 Å². The average molecular weight is 406 g/mol. The highest BCUT2D eigenvalue weighted by Crippen LogP contribution is 2.14. The Balaban J connectivity index is 1.20. The van der Waals surface area contributed by atoms with E-state index in [4.69, 9.17) is 0 Å². The van der Waals surface area contributed by atoms with Gasteiger partial charge in [0.2, 0.25) is 5.95 Å². The summed E-state index contributed by atoms with van der Waals surface area (Å²) in [5, 5.41) is 7.40. The van der Waals surface area contributed by atoms with Gasteiger partial charge in [0.15, 0.2) is 0 Å². The van der Waals surface area contributed by atoms with E-state index in [2.05, 4.69) is 30.2 Å². The number of benzene rings is 1. The minimum atomic E-state index is -0.0688. The van der Waals surface area contributed by atoms with E-state index in [0.717, 1.165) is 56.5 Å². The van der Waals surface area contributed by atoms with Gasteiger partial charge in [0.05, 0.1) is 23.1 Å². The molecule has 3 aromatic rings. The number of nitrogens with one attached hydrogen (secondary N) is 1. The zero-order valence-corrected chi connectivity index (χ0v) is 17.2. The Morgan fingerprint density at radius 2 is 1.77 bits per heavy atom. The van der Waals surface area contributed by atoms with E-state index in [1.807, 2.05) is 43.3 Å². The molecule has 1 N–H and O–H groups in total. The first-order chi connectivity index (χ1) is 14.7. The van der Waals surface area contributed by atoms with Gasteiger partial charge in [-0.25, -0.2) is 14.6 Å². The largest absolute Gasteiger partial charge is 0.352 e. The zero-order valence-electron chi connectivity index (χ0n) is 17.2. The number of carbonyl (C=O) groups excluding carboxylic acids is 1. The fourth-order valence-corrected chi connectivity index (χ4v) is 3.69. The maximum Gasteiger partial charge on any atom is 0.254 e. The highest BCUT2D eigenvalue weighted by atomic mass is 16.1. The van der Waals surface area contributed by atoms with Crippen LogP contribution < -0.4 is 10.2 Å². The molecule has 0 aliphatic carbocycles. The third-order valence-corrected chi connectivity index (χ3v) is 5.40. The van der Waals surface area contributed by atoms with Gasteiger partial charge < -0.3 is 10.2 Å². The van der Waals surface area contributed by atoms with Gasteiger partial charge in [-0.05, 0) is 38.1 Å². The Morgan fingerprint density at radius 3 is 2.50 bits per heavy atom. The average Bonchev–Trinajstić information content (AvgIpc) is 3.19. The summed E-state index contributed by atoms with van der Waals surface area (Å²) in [7, 11) is 0. The summed E-state index contributed by atoms with van der Waals surface area (Å²) in [5.74, 6) is 0.733. The van der Waals surface area contributed by atoms with Crippen molar-refractivity contribution in [3.63, 3.8) is 0 Å². The molecular formula is C22H27N7O. The fourth-order valence-electron chi connectivity index (χ4n) is 3.69. The van der Waals surface area contributed by atoms with Crippen LogP contribution in [0, 0.1) is 6.92 Å². The van der Waals surface area contributed by atoms with Crippen LogP contribution in [0.15, 0.2) is 55.0 Å². The number of carbonyl (C=O) groups is 1. The second-order valence-electron chi connectivity index (χ2n) is 7.38. The highest BCUT2D eigenvalue weighted by Gasteiger charge is 2.19. The molecule has 0 radical (unpaired) electrons. The van der Waals surface area contributed by atoms with Gasteiger partial charge in [-0.3, -0.25) is 9.69 Å². The number of aromatic nitrogens is 4. The van der Waals surface area contributed by atoms with Gasteiger partial charge in [0.1, 0.15) is 0 Å². The summed E-state index contributed by atoms with van der Waals surface area (Å²) in [4.78, 5) is 25.8. The Hall–Kier alpha value is -3.26. The summed E-state index contributed by atoms with van der Waals surface area (Å²) in [6.07, 6.45) is 6.12. The summed E-state index contributed by atoms with van der Waals surface area (Å²) < 4.78 is 1.80. The summed E-state index contributed by atoms with van der Waals surface area (Å²) in [6.45, 7) is 7.35. The predicted molar refractivity (Wildman–Crippen MR) is 116 cm³/mol. The molecule has 4 rings (SSSR count). The lowest BCUT2D eigenvalue weighted by Gasteiger charge is -2.34. The van der Waals surface area contributed by atoms with E-state index < -0.39 is 0 Å². The number of hydrogen-bond donors (Lipinski definition) is 1. The number of rotatable bonds is 7. The Morgan fingerprint density at radius 1 is 1.03 bits per heavy atom. The quantitative estimate of drug-likeness (QED) is 0.605. The SMILES string of the molecule is Cc1c(C(=O)NCCCN2CCN(c3ncccn3)CC2)cnn1-c1ccccc1. The van der Waals surface area contributed by atoms with E-state index >= 15 is 0 Å². The van der Waals surface area contributed by atoms with Gasteiger partial charge in [-0.1, -0.05) is 18.2 Å². The van der Waals surface area contributed by atoms with E-state index in [0.29, 0.717) is 12.1 Å². The summed E-state index contributed by atoms with van der Waals surface area (Å²) in [6, 6.07) is 11.7. The van der Waals surface area contributed by atoms with Crippen molar-refractivity contribution in [2.45, 2.75) is 13.3 Å². The first-order valence-electron chi connectivity index (χ1n) is 10.3. The molecule has 0 saturated carbocycles. The second-order valence-corrected chi connectivity index (χ2v) is 7.38. The molecule has 1 amide bonds. The minimum absolute atomic E-state index is 0.0688. The summed E-state index contributed by atoms with van der Waals surface area (Å²) >= 11 is 0. The number of piperazine rings is 1. The normalized spacial score (nSPS) is 14.6. The molecular weight excluding hydrogens is 378 g/mol. The Labute approximate surface area is 176 Å². The topological polar surface area (TPSA) is 79.2 Å². The van der Waals surface area contributed by atoms with Crippen molar-refractivity contribution in [1.29, 1.82) is 0 Å². The van der Waals surface area contributed by atoms with Crippen LogP contribution in [0.4, 0.5) is 5.95 Å². The van der Waals surface area contributed by atoms with Gasteiger partial charge in [-0.15, -0.1) is 0 Å². The Kier molecular flexibility index (Phi) is 6.34. The predicted octanol–water partition coefficient (Wildman–Crippen LogP) is 1.91. The molecule has 1 aromatic carbocycles. The lowest BCUT2D eigenvalue weighted by molar-refractivity contribution is 0.0951. The lowest BCUT2D eigenvalue weighted by Crippen LogP contribution is -2.47. The number of para-hydroxylation sites is 1. The van der Waals surface area contributed by atoms with Gasteiger partial charge in [-0.2, -0.15) is 5.10 Å². The first kappa shape index (κ1) is 20.0. The maximum atomic E-state index is 12.6. The van der Waals surface area contributed by atoms with E-state index in [-0.39, 0.29) is 5.91 Å². The molecule has 0 bridgehead atoms.